The fraction of sp³-hybridized carbons (Fsp3) is 0.350. The zero-order chi connectivity index (χ0) is 18.7. The molecule has 1 aromatic carbocycles. The predicted octanol–water partition coefficient (Wildman–Crippen LogP) is 3.73. The molecule has 5 nitrogen and oxygen atoms in total. The van der Waals surface area contributed by atoms with Crippen LogP contribution in [0.1, 0.15) is 36.7 Å². The number of amides is 1. The molecular weight excluding hydrogens is 346 g/mol. The van der Waals surface area contributed by atoms with Gasteiger partial charge in [0, 0.05) is 17.5 Å². The Balaban J connectivity index is 1.90. The zero-order valence-corrected chi connectivity index (χ0v) is 16.1. The zero-order valence-electron chi connectivity index (χ0n) is 15.3. The highest BCUT2D eigenvalue weighted by Gasteiger charge is 2.14. The van der Waals surface area contributed by atoms with Gasteiger partial charge >= 0.3 is 0 Å². The summed E-state index contributed by atoms with van der Waals surface area (Å²) in [6, 6.07) is 6.18. The molecule has 2 aromatic heterocycles. The van der Waals surface area contributed by atoms with Crippen LogP contribution in [0.4, 0.5) is 0 Å². The van der Waals surface area contributed by atoms with E-state index in [1.54, 1.807) is 0 Å². The molecule has 6 heteroatoms. The van der Waals surface area contributed by atoms with Gasteiger partial charge in [0.1, 0.15) is 10.7 Å². The average molecular weight is 369 g/mol. The number of hydrogen-bond donors (Lipinski definition) is 2. The third-order valence-electron chi connectivity index (χ3n) is 4.49. The van der Waals surface area contributed by atoms with Crippen LogP contribution >= 0.6 is 11.3 Å². The second-order valence-corrected chi connectivity index (χ2v) is 7.38. The Labute approximate surface area is 156 Å². The minimum Gasteiger partial charge on any atom is -0.356 e. The number of aromatic nitrogens is 2. The fourth-order valence-corrected chi connectivity index (χ4v) is 3.78. The van der Waals surface area contributed by atoms with Crippen molar-refractivity contribution < 1.29 is 4.79 Å². The number of thiophene rings is 1. The number of rotatable bonds is 6. The molecule has 0 aliphatic heterocycles. The smallest absolute Gasteiger partial charge is 0.260 e. The molecule has 1 amide bonds. The number of carbonyl (C=O) groups is 1. The maximum absolute atomic E-state index is 12.6. The largest absolute Gasteiger partial charge is 0.356 e. The summed E-state index contributed by atoms with van der Waals surface area (Å²) in [7, 11) is 0. The van der Waals surface area contributed by atoms with Crippen molar-refractivity contribution in [3.8, 4) is 11.1 Å². The van der Waals surface area contributed by atoms with E-state index in [4.69, 9.17) is 0 Å². The number of unbranched alkanes of at least 4 members (excludes halogenated alkanes) is 1. The van der Waals surface area contributed by atoms with Crippen LogP contribution in [-0.2, 0) is 11.2 Å². The Kier molecular flexibility index (Phi) is 5.52. The van der Waals surface area contributed by atoms with Crippen molar-refractivity contribution >= 4 is 27.5 Å². The Morgan fingerprint density at radius 3 is 2.81 bits per heavy atom. The third kappa shape index (κ3) is 3.85. The van der Waals surface area contributed by atoms with E-state index >= 15 is 0 Å². The summed E-state index contributed by atoms with van der Waals surface area (Å²) in [5, 5.41) is 5.40. The van der Waals surface area contributed by atoms with Gasteiger partial charge in [-0.2, -0.15) is 0 Å². The highest BCUT2D eigenvalue weighted by molar-refractivity contribution is 7.17. The maximum atomic E-state index is 12.6. The molecule has 3 aromatic rings. The van der Waals surface area contributed by atoms with Gasteiger partial charge in [-0.3, -0.25) is 9.59 Å². The highest BCUT2D eigenvalue weighted by Crippen LogP contribution is 2.31. The van der Waals surface area contributed by atoms with E-state index in [1.807, 2.05) is 11.4 Å². The summed E-state index contributed by atoms with van der Waals surface area (Å²) in [5.74, 6) is 0.289. The van der Waals surface area contributed by atoms with Gasteiger partial charge in [-0.1, -0.05) is 31.5 Å². The molecular formula is C20H23N3O2S. The lowest BCUT2D eigenvalue weighted by Crippen LogP contribution is -2.27. The Bertz CT molecular complexity index is 1000. The van der Waals surface area contributed by atoms with E-state index < -0.39 is 0 Å². The number of aryl methyl sites for hydroxylation is 2. The lowest BCUT2D eigenvalue weighted by molar-refractivity contribution is -0.120. The normalized spacial score (nSPS) is 11.0. The quantitative estimate of drug-likeness (QED) is 0.650. The monoisotopic (exact) mass is 369 g/mol. The van der Waals surface area contributed by atoms with Crippen LogP contribution < -0.4 is 10.9 Å². The molecule has 0 saturated heterocycles. The second-order valence-electron chi connectivity index (χ2n) is 6.52. The van der Waals surface area contributed by atoms with Crippen LogP contribution in [0.25, 0.3) is 21.3 Å². The number of fused-ring (bicyclic) bond motifs is 1. The molecule has 2 heterocycles. The molecule has 136 valence electrons. The number of nitrogens with one attached hydrogen (secondary N) is 2. The Hall–Kier alpha value is -2.47. The predicted molar refractivity (Wildman–Crippen MR) is 107 cm³/mol. The summed E-state index contributed by atoms with van der Waals surface area (Å²) in [4.78, 5) is 32.5. The molecule has 0 radical (unpaired) electrons. The molecule has 0 atom stereocenters. The van der Waals surface area contributed by atoms with Gasteiger partial charge in [-0.05, 0) is 37.0 Å². The van der Waals surface area contributed by atoms with E-state index in [-0.39, 0.29) is 17.9 Å². The van der Waals surface area contributed by atoms with Crippen molar-refractivity contribution in [3.63, 3.8) is 0 Å². The number of aromatic amines is 1. The van der Waals surface area contributed by atoms with E-state index in [1.165, 1.54) is 22.5 Å². The van der Waals surface area contributed by atoms with E-state index in [0.717, 1.165) is 24.0 Å². The highest BCUT2D eigenvalue weighted by atomic mass is 32.1. The molecule has 3 rings (SSSR count). The van der Waals surface area contributed by atoms with Crippen molar-refractivity contribution in [1.82, 2.24) is 15.3 Å². The lowest BCUT2D eigenvalue weighted by Gasteiger charge is -2.05. The van der Waals surface area contributed by atoms with Crippen LogP contribution in [0.3, 0.4) is 0 Å². The van der Waals surface area contributed by atoms with Crippen molar-refractivity contribution in [2.45, 2.75) is 40.0 Å². The summed E-state index contributed by atoms with van der Waals surface area (Å²) < 4.78 is 0. The third-order valence-corrected chi connectivity index (χ3v) is 5.36. The van der Waals surface area contributed by atoms with Crippen molar-refractivity contribution in [2.24, 2.45) is 0 Å². The van der Waals surface area contributed by atoms with Gasteiger partial charge in [-0.15, -0.1) is 11.3 Å². The van der Waals surface area contributed by atoms with Crippen LogP contribution in [-0.4, -0.2) is 22.4 Å². The van der Waals surface area contributed by atoms with E-state index in [9.17, 15) is 9.59 Å². The van der Waals surface area contributed by atoms with Crippen LogP contribution in [0, 0.1) is 13.8 Å². The molecule has 0 bridgehead atoms. The lowest BCUT2D eigenvalue weighted by atomic mass is 10.0. The number of carbonyl (C=O) groups excluding carboxylic acids is 1. The first-order chi connectivity index (χ1) is 12.5. The summed E-state index contributed by atoms with van der Waals surface area (Å²) in [6.07, 6.45) is 2.06. The average Bonchev–Trinajstić information content (AvgIpc) is 3.02. The molecule has 0 fully saturated rings. The van der Waals surface area contributed by atoms with E-state index in [2.05, 4.69) is 48.2 Å². The van der Waals surface area contributed by atoms with Crippen LogP contribution in [0.2, 0.25) is 0 Å². The van der Waals surface area contributed by atoms with Gasteiger partial charge in [0.05, 0.1) is 11.8 Å². The fourth-order valence-electron chi connectivity index (χ4n) is 2.82. The standard InChI is InChI=1S/C20H23N3O2S/c1-4-5-8-21-17(24)10-16-22-19(25)18-15(11-26-20(18)23-16)14-7-6-12(2)13(3)9-14/h6-7,9,11H,4-5,8,10H2,1-3H3,(H,21,24)(H,22,23,25). The van der Waals surface area contributed by atoms with Crippen molar-refractivity contribution in [1.29, 1.82) is 0 Å². The Morgan fingerprint density at radius 2 is 2.08 bits per heavy atom. The maximum Gasteiger partial charge on any atom is 0.260 e. The van der Waals surface area contributed by atoms with Gasteiger partial charge < -0.3 is 10.3 Å². The minimum atomic E-state index is -0.194. The van der Waals surface area contributed by atoms with Gasteiger partial charge in [0.15, 0.2) is 0 Å². The number of hydrogen-bond acceptors (Lipinski definition) is 4. The van der Waals surface area contributed by atoms with Crippen molar-refractivity contribution in [2.75, 3.05) is 6.54 Å². The van der Waals surface area contributed by atoms with Gasteiger partial charge in [0.2, 0.25) is 5.91 Å². The Morgan fingerprint density at radius 1 is 1.27 bits per heavy atom. The topological polar surface area (TPSA) is 74.8 Å². The summed E-state index contributed by atoms with van der Waals surface area (Å²) in [6.45, 7) is 6.85. The molecule has 0 unspecified atom stereocenters. The van der Waals surface area contributed by atoms with Crippen LogP contribution in [0.15, 0.2) is 28.4 Å². The number of H-pyrrole nitrogens is 1. The van der Waals surface area contributed by atoms with Crippen molar-refractivity contribution in [3.05, 3.63) is 50.9 Å². The molecule has 0 spiro atoms. The summed E-state index contributed by atoms with van der Waals surface area (Å²) >= 11 is 1.43. The first-order valence-electron chi connectivity index (χ1n) is 8.84. The number of benzene rings is 1. The van der Waals surface area contributed by atoms with Crippen LogP contribution in [0.5, 0.6) is 0 Å². The molecule has 26 heavy (non-hydrogen) atoms. The molecule has 0 aliphatic rings. The molecule has 0 aliphatic carbocycles. The van der Waals surface area contributed by atoms with Gasteiger partial charge in [-0.25, -0.2) is 4.98 Å². The van der Waals surface area contributed by atoms with Gasteiger partial charge in [0.25, 0.3) is 5.56 Å². The number of nitrogens with zero attached hydrogens (tertiary/aromatic N) is 1. The second kappa shape index (κ2) is 7.83. The van der Waals surface area contributed by atoms with E-state index in [0.29, 0.717) is 22.6 Å². The SMILES string of the molecule is CCCCNC(=O)Cc1nc2scc(-c3ccc(C)c(C)c3)c2c(=O)[nH]1. The summed E-state index contributed by atoms with van der Waals surface area (Å²) in [5.41, 5.74) is 4.11. The minimum absolute atomic E-state index is 0.0891. The molecule has 2 N–H and O–H groups in total. The first kappa shape index (κ1) is 18.3. The first-order valence-corrected chi connectivity index (χ1v) is 9.72. The molecule has 0 saturated carbocycles.